The minimum absolute atomic E-state index is 0.232. The first-order chi connectivity index (χ1) is 9.69. The fraction of sp³-hybridized carbons (Fsp3) is 0.429. The van der Waals surface area contributed by atoms with Gasteiger partial charge in [-0.05, 0) is 30.5 Å². The molecular formula is C14H19N3O3. The third-order valence-electron chi connectivity index (χ3n) is 2.77. The number of hydrogen-bond donors (Lipinski definition) is 2. The Labute approximate surface area is 117 Å². The zero-order valence-electron chi connectivity index (χ0n) is 11.5. The van der Waals surface area contributed by atoms with Gasteiger partial charge in [0, 0.05) is 6.61 Å². The molecule has 0 saturated heterocycles. The molecule has 6 heteroatoms. The monoisotopic (exact) mass is 277 g/mol. The number of benzene rings is 1. The molecule has 1 heterocycles. The molecular weight excluding hydrogens is 258 g/mol. The molecule has 0 amide bonds. The maximum Gasteiger partial charge on any atom is 0.243 e. The second kappa shape index (κ2) is 7.02. The molecule has 0 spiro atoms. The molecule has 3 N–H and O–H groups in total. The molecule has 0 saturated carbocycles. The summed E-state index contributed by atoms with van der Waals surface area (Å²) in [6.45, 7) is 3.04. The Morgan fingerprint density at radius 1 is 1.35 bits per heavy atom. The Morgan fingerprint density at radius 3 is 2.80 bits per heavy atom. The highest BCUT2D eigenvalue weighted by Gasteiger charge is 2.15. The van der Waals surface area contributed by atoms with Crippen LogP contribution in [0.25, 0.3) is 0 Å². The van der Waals surface area contributed by atoms with E-state index < -0.39 is 0 Å². The molecule has 0 unspecified atom stereocenters. The summed E-state index contributed by atoms with van der Waals surface area (Å²) in [4.78, 5) is 4.22. The summed E-state index contributed by atoms with van der Waals surface area (Å²) in [7, 11) is 0. The molecule has 6 nitrogen and oxygen atoms in total. The van der Waals surface area contributed by atoms with Crippen molar-refractivity contribution in [3.05, 3.63) is 41.5 Å². The lowest BCUT2D eigenvalue weighted by Gasteiger charge is -2.06. The maximum absolute atomic E-state index is 9.23. The summed E-state index contributed by atoms with van der Waals surface area (Å²) in [5.41, 5.74) is 7.03. The van der Waals surface area contributed by atoms with Crippen LogP contribution in [0.15, 0.2) is 28.8 Å². The highest BCUT2D eigenvalue weighted by molar-refractivity contribution is 5.26. The first kappa shape index (κ1) is 14.5. The molecule has 0 bridgehead atoms. The highest BCUT2D eigenvalue weighted by Crippen LogP contribution is 2.17. The molecule has 0 fully saturated rings. The van der Waals surface area contributed by atoms with Crippen LogP contribution in [-0.4, -0.2) is 21.9 Å². The largest absolute Gasteiger partial charge is 0.508 e. The van der Waals surface area contributed by atoms with Gasteiger partial charge < -0.3 is 20.1 Å². The van der Waals surface area contributed by atoms with E-state index in [0.717, 1.165) is 12.0 Å². The Bertz CT molecular complexity index is 525. The van der Waals surface area contributed by atoms with Gasteiger partial charge in [-0.3, -0.25) is 0 Å². The average Bonchev–Trinajstić information content (AvgIpc) is 2.91. The van der Waals surface area contributed by atoms with Crippen molar-refractivity contribution in [2.24, 2.45) is 5.73 Å². The summed E-state index contributed by atoms with van der Waals surface area (Å²) in [5.74, 6) is 1.14. The van der Waals surface area contributed by atoms with E-state index >= 15 is 0 Å². The van der Waals surface area contributed by atoms with E-state index in [1.165, 1.54) is 0 Å². The summed E-state index contributed by atoms with van der Waals surface area (Å²) in [6, 6.07) is 6.51. The lowest BCUT2D eigenvalue weighted by molar-refractivity contribution is 0.114. The number of nitrogens with zero attached hydrogens (tertiary/aromatic N) is 2. The molecule has 108 valence electrons. The van der Waals surface area contributed by atoms with Crippen LogP contribution < -0.4 is 5.73 Å². The van der Waals surface area contributed by atoms with Crippen LogP contribution in [0.2, 0.25) is 0 Å². The fourth-order valence-corrected chi connectivity index (χ4v) is 1.76. The van der Waals surface area contributed by atoms with E-state index in [0.29, 0.717) is 31.3 Å². The summed E-state index contributed by atoms with van der Waals surface area (Å²) in [5, 5.41) is 13.1. The van der Waals surface area contributed by atoms with E-state index in [-0.39, 0.29) is 11.8 Å². The smallest absolute Gasteiger partial charge is 0.243 e. The van der Waals surface area contributed by atoms with Gasteiger partial charge in [0.15, 0.2) is 5.82 Å². The van der Waals surface area contributed by atoms with Crippen molar-refractivity contribution < 1.29 is 14.4 Å². The maximum atomic E-state index is 9.23. The van der Waals surface area contributed by atoms with Crippen LogP contribution in [-0.2, 0) is 17.8 Å². The van der Waals surface area contributed by atoms with Gasteiger partial charge in [-0.2, -0.15) is 4.98 Å². The topological polar surface area (TPSA) is 94.4 Å². The van der Waals surface area contributed by atoms with E-state index in [2.05, 4.69) is 10.1 Å². The Hall–Kier alpha value is -1.92. The SMILES string of the molecule is CCCOCc1noc([C@@H](N)Cc2ccc(O)cc2)n1. The molecule has 1 aromatic heterocycles. The predicted octanol–water partition coefficient (Wildman–Crippen LogP) is 1.94. The Kier molecular flexibility index (Phi) is 5.09. The number of ether oxygens (including phenoxy) is 1. The van der Waals surface area contributed by atoms with Gasteiger partial charge in [0.2, 0.25) is 5.89 Å². The lowest BCUT2D eigenvalue weighted by Crippen LogP contribution is -2.13. The van der Waals surface area contributed by atoms with E-state index in [9.17, 15) is 5.11 Å². The number of aromatic hydroxyl groups is 1. The van der Waals surface area contributed by atoms with Crippen LogP contribution in [0.4, 0.5) is 0 Å². The number of rotatable bonds is 7. The molecule has 2 rings (SSSR count). The second-order valence-electron chi connectivity index (χ2n) is 4.58. The number of nitrogens with two attached hydrogens (primary N) is 1. The first-order valence-corrected chi connectivity index (χ1v) is 6.62. The van der Waals surface area contributed by atoms with Gasteiger partial charge in [0.05, 0.1) is 6.04 Å². The zero-order chi connectivity index (χ0) is 14.4. The first-order valence-electron chi connectivity index (χ1n) is 6.62. The third-order valence-corrected chi connectivity index (χ3v) is 2.77. The average molecular weight is 277 g/mol. The van der Waals surface area contributed by atoms with Crippen molar-refractivity contribution in [2.45, 2.75) is 32.4 Å². The standard InChI is InChI=1S/C14H19N3O3/c1-2-7-19-9-13-16-14(20-17-13)12(15)8-10-3-5-11(18)6-4-10/h3-6,12,18H,2,7-9,15H2,1H3/t12-/m0/s1. The van der Waals surface area contributed by atoms with Crippen molar-refractivity contribution in [3.63, 3.8) is 0 Å². The molecule has 0 aliphatic carbocycles. The van der Waals surface area contributed by atoms with Gasteiger partial charge >= 0.3 is 0 Å². The van der Waals surface area contributed by atoms with Crippen molar-refractivity contribution >= 4 is 0 Å². The summed E-state index contributed by atoms with van der Waals surface area (Å²) in [6.07, 6.45) is 1.52. The molecule has 1 atom stereocenters. The van der Waals surface area contributed by atoms with Gasteiger partial charge in [0.25, 0.3) is 0 Å². The molecule has 0 radical (unpaired) electrons. The molecule has 0 aliphatic heterocycles. The predicted molar refractivity (Wildman–Crippen MR) is 73.0 cm³/mol. The van der Waals surface area contributed by atoms with Crippen molar-refractivity contribution in [2.75, 3.05) is 6.61 Å². The Morgan fingerprint density at radius 2 is 2.10 bits per heavy atom. The Balaban J connectivity index is 1.91. The summed E-state index contributed by atoms with van der Waals surface area (Å²) < 4.78 is 10.5. The molecule has 0 aliphatic rings. The minimum atomic E-state index is -0.369. The lowest BCUT2D eigenvalue weighted by atomic mass is 10.1. The third kappa shape index (κ3) is 4.04. The minimum Gasteiger partial charge on any atom is -0.508 e. The van der Waals surface area contributed by atoms with Gasteiger partial charge in [0.1, 0.15) is 12.4 Å². The number of phenols is 1. The quantitative estimate of drug-likeness (QED) is 0.751. The number of phenolic OH excluding ortho intramolecular Hbond substituents is 1. The van der Waals surface area contributed by atoms with Crippen LogP contribution in [0, 0.1) is 0 Å². The van der Waals surface area contributed by atoms with Gasteiger partial charge in [-0.1, -0.05) is 24.2 Å². The van der Waals surface area contributed by atoms with E-state index in [4.69, 9.17) is 15.0 Å². The molecule has 2 aromatic rings. The van der Waals surface area contributed by atoms with Crippen molar-refractivity contribution in [1.29, 1.82) is 0 Å². The molecule has 1 aromatic carbocycles. The fourth-order valence-electron chi connectivity index (χ4n) is 1.76. The van der Waals surface area contributed by atoms with E-state index in [1.807, 2.05) is 19.1 Å². The van der Waals surface area contributed by atoms with Gasteiger partial charge in [-0.15, -0.1) is 0 Å². The van der Waals surface area contributed by atoms with Crippen LogP contribution >= 0.6 is 0 Å². The van der Waals surface area contributed by atoms with E-state index in [1.54, 1.807) is 12.1 Å². The zero-order valence-corrected chi connectivity index (χ0v) is 11.5. The van der Waals surface area contributed by atoms with Crippen molar-refractivity contribution in [1.82, 2.24) is 10.1 Å². The van der Waals surface area contributed by atoms with Crippen LogP contribution in [0.5, 0.6) is 5.75 Å². The number of hydrogen-bond acceptors (Lipinski definition) is 6. The summed E-state index contributed by atoms with van der Waals surface area (Å²) >= 11 is 0. The normalized spacial score (nSPS) is 12.5. The van der Waals surface area contributed by atoms with Crippen molar-refractivity contribution in [3.8, 4) is 5.75 Å². The van der Waals surface area contributed by atoms with Crippen LogP contribution in [0.1, 0.15) is 36.7 Å². The number of aromatic nitrogens is 2. The highest BCUT2D eigenvalue weighted by atomic mass is 16.5. The van der Waals surface area contributed by atoms with Gasteiger partial charge in [-0.25, -0.2) is 0 Å². The second-order valence-corrected chi connectivity index (χ2v) is 4.58. The van der Waals surface area contributed by atoms with Crippen LogP contribution in [0.3, 0.4) is 0 Å². The molecule has 20 heavy (non-hydrogen) atoms.